The van der Waals surface area contributed by atoms with Crippen LogP contribution in [0, 0.1) is 27.4 Å². The third-order valence-corrected chi connectivity index (χ3v) is 5.11. The average Bonchev–Trinajstić information content (AvgIpc) is 2.95. The van der Waals surface area contributed by atoms with E-state index in [-0.39, 0.29) is 5.69 Å². The molecular formula is C17H15N3O2S. The van der Waals surface area contributed by atoms with Crippen LogP contribution in [0.5, 0.6) is 0 Å². The monoisotopic (exact) mass is 325 g/mol. The van der Waals surface area contributed by atoms with Gasteiger partial charge >= 0.3 is 0 Å². The first-order valence-corrected chi connectivity index (χ1v) is 8.23. The van der Waals surface area contributed by atoms with E-state index >= 15 is 0 Å². The zero-order valence-corrected chi connectivity index (χ0v) is 13.5. The largest absolute Gasteiger partial charge is 0.269 e. The highest BCUT2D eigenvalue weighted by Gasteiger charge is 2.21. The molecular weight excluding hydrogens is 310 g/mol. The first-order valence-electron chi connectivity index (χ1n) is 7.42. The fourth-order valence-corrected chi connectivity index (χ4v) is 3.89. The van der Waals surface area contributed by atoms with Crippen molar-refractivity contribution in [1.29, 1.82) is 5.26 Å². The van der Waals surface area contributed by atoms with Crippen molar-refractivity contribution in [3.05, 3.63) is 55.5 Å². The highest BCUT2D eigenvalue weighted by molar-refractivity contribution is 7.13. The zero-order chi connectivity index (χ0) is 16.4. The number of nitro groups is 1. The summed E-state index contributed by atoms with van der Waals surface area (Å²) in [5, 5.41) is 20.9. The van der Waals surface area contributed by atoms with Crippen molar-refractivity contribution in [3.63, 3.8) is 0 Å². The van der Waals surface area contributed by atoms with E-state index in [2.05, 4.69) is 18.0 Å². The molecule has 3 rings (SSSR count). The Balaban J connectivity index is 1.90. The Morgan fingerprint density at radius 3 is 2.87 bits per heavy atom. The molecule has 0 unspecified atom stereocenters. The molecule has 1 aromatic heterocycles. The normalized spacial score (nSPS) is 17.4. The molecule has 1 heterocycles. The Morgan fingerprint density at radius 1 is 1.48 bits per heavy atom. The van der Waals surface area contributed by atoms with Crippen LogP contribution in [0.3, 0.4) is 0 Å². The Labute approximate surface area is 138 Å². The number of fused-ring (bicyclic) bond motifs is 1. The minimum Gasteiger partial charge on any atom is -0.258 e. The topological polar surface area (TPSA) is 79.8 Å². The van der Waals surface area contributed by atoms with Gasteiger partial charge in [0.1, 0.15) is 11.1 Å². The fraction of sp³-hybridized carbons (Fsp3) is 0.294. The second-order valence-electron chi connectivity index (χ2n) is 5.76. The van der Waals surface area contributed by atoms with Gasteiger partial charge in [-0.2, -0.15) is 5.26 Å². The molecule has 1 aliphatic carbocycles. The molecule has 0 saturated carbocycles. The van der Waals surface area contributed by atoms with Gasteiger partial charge in [-0.1, -0.05) is 6.92 Å². The Bertz CT molecular complexity index is 815. The van der Waals surface area contributed by atoms with Gasteiger partial charge in [0.05, 0.1) is 16.2 Å². The first-order chi connectivity index (χ1) is 11.1. The average molecular weight is 325 g/mol. The molecule has 6 heteroatoms. The third kappa shape index (κ3) is 3.30. The van der Waals surface area contributed by atoms with Gasteiger partial charge in [-0.3, -0.25) is 10.1 Å². The molecule has 1 aromatic carbocycles. The van der Waals surface area contributed by atoms with E-state index in [1.807, 2.05) is 0 Å². The molecule has 0 radical (unpaired) electrons. The summed E-state index contributed by atoms with van der Waals surface area (Å²) in [6.07, 6.45) is 4.88. The van der Waals surface area contributed by atoms with Gasteiger partial charge in [-0.25, -0.2) is 4.98 Å². The van der Waals surface area contributed by atoms with E-state index in [1.165, 1.54) is 17.0 Å². The van der Waals surface area contributed by atoms with Crippen molar-refractivity contribution in [1.82, 2.24) is 4.98 Å². The maximum absolute atomic E-state index is 10.7. The summed E-state index contributed by atoms with van der Waals surface area (Å²) in [6, 6.07) is 8.37. The number of nitriles is 1. The lowest BCUT2D eigenvalue weighted by Crippen LogP contribution is -2.09. The number of nitrogens with zero attached hydrogens (tertiary/aromatic N) is 3. The standard InChI is InChI=1S/C17H15N3O2S/c1-11-2-7-15-16(8-11)23-17(19-15)13(10-18)9-12-3-5-14(6-4-12)20(21)22/h3-6,9,11H,2,7-8H2,1H3/b13-9+/t11-/m0/s1. The quantitative estimate of drug-likeness (QED) is 0.480. The molecule has 1 aliphatic rings. The summed E-state index contributed by atoms with van der Waals surface area (Å²) >= 11 is 1.59. The highest BCUT2D eigenvalue weighted by atomic mass is 32.1. The minimum atomic E-state index is -0.436. The lowest BCUT2D eigenvalue weighted by atomic mass is 9.93. The van der Waals surface area contributed by atoms with Gasteiger partial charge in [-0.15, -0.1) is 11.3 Å². The van der Waals surface area contributed by atoms with Crippen molar-refractivity contribution < 1.29 is 4.92 Å². The number of rotatable bonds is 3. The second kappa shape index (κ2) is 6.31. The highest BCUT2D eigenvalue weighted by Crippen LogP contribution is 2.33. The van der Waals surface area contributed by atoms with Crippen LogP contribution in [0.1, 0.15) is 34.5 Å². The third-order valence-electron chi connectivity index (χ3n) is 3.95. The SMILES string of the molecule is C[C@H]1CCc2nc(/C(C#N)=C/c3ccc([N+](=O)[O-])cc3)sc2C1. The molecule has 0 saturated heterocycles. The summed E-state index contributed by atoms with van der Waals surface area (Å²) in [5.74, 6) is 0.667. The summed E-state index contributed by atoms with van der Waals surface area (Å²) in [4.78, 5) is 16.1. The molecule has 0 spiro atoms. The van der Waals surface area contributed by atoms with E-state index in [0.717, 1.165) is 35.5 Å². The van der Waals surface area contributed by atoms with Crippen LogP contribution in [-0.2, 0) is 12.8 Å². The smallest absolute Gasteiger partial charge is 0.258 e. The Morgan fingerprint density at radius 2 is 2.22 bits per heavy atom. The van der Waals surface area contributed by atoms with Gasteiger partial charge in [0.15, 0.2) is 0 Å². The van der Waals surface area contributed by atoms with E-state index < -0.39 is 4.92 Å². The van der Waals surface area contributed by atoms with Gasteiger partial charge in [0.2, 0.25) is 0 Å². The maximum atomic E-state index is 10.7. The van der Waals surface area contributed by atoms with Crippen LogP contribution in [0.4, 0.5) is 5.69 Å². The molecule has 116 valence electrons. The number of nitro benzene ring substituents is 1. The molecule has 0 fully saturated rings. The van der Waals surface area contributed by atoms with Crippen LogP contribution >= 0.6 is 11.3 Å². The van der Waals surface area contributed by atoms with Crippen LogP contribution in [-0.4, -0.2) is 9.91 Å². The fourth-order valence-electron chi connectivity index (χ4n) is 2.66. The van der Waals surface area contributed by atoms with Crippen molar-refractivity contribution >= 4 is 28.7 Å². The van der Waals surface area contributed by atoms with Crippen LogP contribution in [0.15, 0.2) is 24.3 Å². The first kappa shape index (κ1) is 15.4. The number of hydrogen-bond acceptors (Lipinski definition) is 5. The number of hydrogen-bond donors (Lipinski definition) is 0. The Kier molecular flexibility index (Phi) is 4.22. The molecule has 0 amide bonds. The predicted molar refractivity (Wildman–Crippen MR) is 89.9 cm³/mol. The lowest BCUT2D eigenvalue weighted by molar-refractivity contribution is -0.384. The van der Waals surface area contributed by atoms with Gasteiger partial charge < -0.3 is 0 Å². The Hall–Kier alpha value is -2.52. The van der Waals surface area contributed by atoms with Crippen molar-refractivity contribution in [2.24, 2.45) is 5.92 Å². The van der Waals surface area contributed by atoms with Crippen molar-refractivity contribution in [2.45, 2.75) is 26.2 Å². The van der Waals surface area contributed by atoms with E-state index in [9.17, 15) is 15.4 Å². The van der Waals surface area contributed by atoms with Crippen LogP contribution in [0.25, 0.3) is 11.6 Å². The minimum absolute atomic E-state index is 0.0411. The molecule has 1 atom stereocenters. The predicted octanol–water partition coefficient (Wildman–Crippen LogP) is 4.24. The number of aryl methyl sites for hydroxylation is 1. The summed E-state index contributed by atoms with van der Waals surface area (Å²) in [7, 11) is 0. The molecule has 0 aliphatic heterocycles. The summed E-state index contributed by atoms with van der Waals surface area (Å²) in [5.41, 5.74) is 2.42. The number of aromatic nitrogens is 1. The molecule has 23 heavy (non-hydrogen) atoms. The lowest BCUT2D eigenvalue weighted by Gasteiger charge is -2.15. The van der Waals surface area contributed by atoms with Crippen LogP contribution in [0.2, 0.25) is 0 Å². The summed E-state index contributed by atoms with van der Waals surface area (Å²) < 4.78 is 0. The van der Waals surface area contributed by atoms with Crippen molar-refractivity contribution in [3.8, 4) is 6.07 Å². The number of allylic oxidation sites excluding steroid dienone is 1. The van der Waals surface area contributed by atoms with Gasteiger partial charge in [-0.05, 0) is 49.0 Å². The number of thiazole rings is 1. The van der Waals surface area contributed by atoms with E-state index in [4.69, 9.17) is 0 Å². The molecule has 0 N–H and O–H groups in total. The second-order valence-corrected chi connectivity index (χ2v) is 6.84. The maximum Gasteiger partial charge on any atom is 0.269 e. The number of benzene rings is 1. The number of non-ortho nitro benzene ring substituents is 1. The molecule has 5 nitrogen and oxygen atoms in total. The summed E-state index contributed by atoms with van der Waals surface area (Å²) in [6.45, 7) is 2.24. The van der Waals surface area contributed by atoms with Crippen molar-refractivity contribution in [2.75, 3.05) is 0 Å². The van der Waals surface area contributed by atoms with Crippen LogP contribution < -0.4 is 0 Å². The van der Waals surface area contributed by atoms with E-state index in [0.29, 0.717) is 11.5 Å². The van der Waals surface area contributed by atoms with Gasteiger partial charge in [0.25, 0.3) is 5.69 Å². The van der Waals surface area contributed by atoms with Gasteiger partial charge in [0, 0.05) is 17.0 Å². The zero-order valence-electron chi connectivity index (χ0n) is 12.7. The molecule has 2 aromatic rings. The van der Waals surface area contributed by atoms with E-state index in [1.54, 1.807) is 29.5 Å². The molecule has 0 bridgehead atoms.